The van der Waals surface area contributed by atoms with Crippen LogP contribution in [-0.4, -0.2) is 28.5 Å². The van der Waals surface area contributed by atoms with Gasteiger partial charge in [-0.05, 0) is 31.5 Å². The molecule has 1 amide bonds. The maximum atomic E-state index is 11.9. The van der Waals surface area contributed by atoms with Crippen molar-refractivity contribution >= 4 is 22.9 Å². The molecule has 1 aromatic carbocycles. The van der Waals surface area contributed by atoms with Crippen LogP contribution < -0.4 is 10.6 Å². The molecule has 5 nitrogen and oxygen atoms in total. The van der Waals surface area contributed by atoms with Gasteiger partial charge in [0, 0.05) is 0 Å². The molecule has 1 atom stereocenters. The summed E-state index contributed by atoms with van der Waals surface area (Å²) >= 11 is 0. The first-order chi connectivity index (χ1) is 8.33. The molecule has 2 aromatic rings. The largest absolute Gasteiger partial charge is 0.324 e. The van der Waals surface area contributed by atoms with E-state index in [0.29, 0.717) is 5.95 Å². The lowest BCUT2D eigenvalue weighted by molar-refractivity contribution is -0.117. The van der Waals surface area contributed by atoms with E-state index >= 15 is 0 Å². The van der Waals surface area contributed by atoms with Crippen molar-refractivity contribution in [3.63, 3.8) is 0 Å². The molecule has 1 saturated heterocycles. The summed E-state index contributed by atoms with van der Waals surface area (Å²) in [6.45, 7) is 0.915. The number of carbonyl (C=O) groups is 1. The maximum absolute atomic E-state index is 11.9. The van der Waals surface area contributed by atoms with E-state index in [4.69, 9.17) is 0 Å². The lowest BCUT2D eigenvalue weighted by Gasteiger charge is -2.08. The molecule has 2 heterocycles. The van der Waals surface area contributed by atoms with Crippen LogP contribution >= 0.6 is 0 Å². The number of aromatic amines is 1. The van der Waals surface area contributed by atoms with Crippen LogP contribution in [0.5, 0.6) is 0 Å². The second-order valence-electron chi connectivity index (χ2n) is 4.24. The Balaban J connectivity index is 1.77. The van der Waals surface area contributed by atoms with Crippen LogP contribution in [0.25, 0.3) is 11.0 Å². The van der Waals surface area contributed by atoms with Crippen molar-refractivity contribution < 1.29 is 4.79 Å². The van der Waals surface area contributed by atoms with Gasteiger partial charge in [-0.25, -0.2) is 4.98 Å². The van der Waals surface area contributed by atoms with Crippen molar-refractivity contribution in [3.05, 3.63) is 24.3 Å². The van der Waals surface area contributed by atoms with Crippen LogP contribution in [0.1, 0.15) is 12.8 Å². The molecule has 0 aliphatic carbocycles. The fourth-order valence-corrected chi connectivity index (χ4v) is 2.12. The van der Waals surface area contributed by atoms with Gasteiger partial charge in [0.15, 0.2) is 0 Å². The Morgan fingerprint density at radius 2 is 2.29 bits per heavy atom. The summed E-state index contributed by atoms with van der Waals surface area (Å²) in [6, 6.07) is 7.63. The van der Waals surface area contributed by atoms with Crippen LogP contribution in [0.4, 0.5) is 5.95 Å². The molecule has 1 aliphatic heterocycles. The van der Waals surface area contributed by atoms with Crippen LogP contribution in [0, 0.1) is 0 Å². The molecule has 0 radical (unpaired) electrons. The highest BCUT2D eigenvalue weighted by molar-refractivity contribution is 5.94. The number of H-pyrrole nitrogens is 1. The van der Waals surface area contributed by atoms with E-state index in [2.05, 4.69) is 20.6 Å². The number of hydrogen-bond acceptors (Lipinski definition) is 3. The summed E-state index contributed by atoms with van der Waals surface area (Å²) in [4.78, 5) is 19.2. The van der Waals surface area contributed by atoms with Crippen LogP contribution in [-0.2, 0) is 4.79 Å². The first-order valence-corrected chi connectivity index (χ1v) is 5.82. The Labute approximate surface area is 98.6 Å². The average molecular weight is 230 g/mol. The summed E-state index contributed by atoms with van der Waals surface area (Å²) in [5.41, 5.74) is 1.80. The third-order valence-corrected chi connectivity index (χ3v) is 3.01. The third kappa shape index (κ3) is 2.01. The number of anilines is 1. The molecular weight excluding hydrogens is 216 g/mol. The van der Waals surface area contributed by atoms with Crippen LogP contribution in [0.3, 0.4) is 0 Å². The fourth-order valence-electron chi connectivity index (χ4n) is 2.12. The van der Waals surface area contributed by atoms with Gasteiger partial charge in [-0.2, -0.15) is 0 Å². The summed E-state index contributed by atoms with van der Waals surface area (Å²) < 4.78 is 0. The van der Waals surface area contributed by atoms with E-state index in [-0.39, 0.29) is 11.9 Å². The number of nitrogens with one attached hydrogen (secondary N) is 3. The monoisotopic (exact) mass is 230 g/mol. The average Bonchev–Trinajstić information content (AvgIpc) is 2.97. The summed E-state index contributed by atoms with van der Waals surface area (Å²) in [5.74, 6) is 0.506. The number of nitrogens with zero attached hydrogens (tertiary/aromatic N) is 1. The van der Waals surface area contributed by atoms with Gasteiger partial charge >= 0.3 is 0 Å². The van der Waals surface area contributed by atoms with Crippen LogP contribution in [0.2, 0.25) is 0 Å². The fraction of sp³-hybridized carbons (Fsp3) is 0.333. The molecule has 3 N–H and O–H groups in total. The van der Waals surface area contributed by atoms with Crippen molar-refractivity contribution in [1.82, 2.24) is 15.3 Å². The highest BCUT2D eigenvalue weighted by Crippen LogP contribution is 2.14. The third-order valence-electron chi connectivity index (χ3n) is 3.01. The van der Waals surface area contributed by atoms with Gasteiger partial charge in [-0.1, -0.05) is 12.1 Å². The predicted molar refractivity (Wildman–Crippen MR) is 65.7 cm³/mol. The lowest BCUT2D eigenvalue weighted by Crippen LogP contribution is -2.35. The Morgan fingerprint density at radius 3 is 3.06 bits per heavy atom. The van der Waals surface area contributed by atoms with Crippen molar-refractivity contribution in [3.8, 4) is 0 Å². The number of benzene rings is 1. The van der Waals surface area contributed by atoms with Gasteiger partial charge in [0.1, 0.15) is 0 Å². The SMILES string of the molecule is O=C(Nc1nc2ccccc2[nH]1)[C@H]1CCCN1. The molecule has 1 aliphatic rings. The number of amides is 1. The number of hydrogen-bond donors (Lipinski definition) is 3. The molecular formula is C12H14N4O. The zero-order chi connectivity index (χ0) is 11.7. The Morgan fingerprint density at radius 1 is 1.41 bits per heavy atom. The van der Waals surface area contributed by atoms with E-state index in [9.17, 15) is 4.79 Å². The zero-order valence-electron chi connectivity index (χ0n) is 9.36. The molecule has 17 heavy (non-hydrogen) atoms. The van der Waals surface area contributed by atoms with Gasteiger partial charge in [-0.3, -0.25) is 10.1 Å². The van der Waals surface area contributed by atoms with Gasteiger partial charge < -0.3 is 10.3 Å². The lowest BCUT2D eigenvalue weighted by atomic mass is 10.2. The number of aromatic nitrogens is 2. The molecule has 1 aromatic heterocycles. The summed E-state index contributed by atoms with van der Waals surface area (Å²) in [6.07, 6.45) is 1.95. The second kappa shape index (κ2) is 4.18. The van der Waals surface area contributed by atoms with E-state index in [1.54, 1.807) is 0 Å². The molecule has 1 fully saturated rings. The first kappa shape index (κ1) is 10.3. The van der Waals surface area contributed by atoms with E-state index in [0.717, 1.165) is 30.4 Å². The van der Waals surface area contributed by atoms with Crippen LogP contribution in [0.15, 0.2) is 24.3 Å². The van der Waals surface area contributed by atoms with Gasteiger partial charge in [-0.15, -0.1) is 0 Å². The molecule has 0 unspecified atom stereocenters. The maximum Gasteiger partial charge on any atom is 0.243 e. The minimum Gasteiger partial charge on any atom is -0.324 e. The normalized spacial score (nSPS) is 19.6. The minimum absolute atomic E-state index is 0.0124. The molecule has 5 heteroatoms. The van der Waals surface area contributed by atoms with Crippen molar-refractivity contribution in [2.75, 3.05) is 11.9 Å². The molecule has 0 saturated carbocycles. The zero-order valence-corrected chi connectivity index (χ0v) is 9.36. The number of rotatable bonds is 2. The number of imidazole rings is 1. The van der Waals surface area contributed by atoms with Gasteiger partial charge in [0.25, 0.3) is 0 Å². The Hall–Kier alpha value is -1.88. The van der Waals surface area contributed by atoms with Crippen molar-refractivity contribution in [2.24, 2.45) is 0 Å². The highest BCUT2D eigenvalue weighted by Gasteiger charge is 2.22. The summed E-state index contributed by atoms with van der Waals surface area (Å²) in [7, 11) is 0. The molecule has 0 bridgehead atoms. The summed E-state index contributed by atoms with van der Waals surface area (Å²) in [5, 5.41) is 5.96. The second-order valence-corrected chi connectivity index (χ2v) is 4.24. The van der Waals surface area contributed by atoms with E-state index < -0.39 is 0 Å². The van der Waals surface area contributed by atoms with Crippen molar-refractivity contribution in [1.29, 1.82) is 0 Å². The highest BCUT2D eigenvalue weighted by atomic mass is 16.2. The van der Waals surface area contributed by atoms with Crippen molar-refractivity contribution in [2.45, 2.75) is 18.9 Å². The first-order valence-electron chi connectivity index (χ1n) is 5.82. The standard InChI is InChI=1S/C12H14N4O/c17-11(10-6-3-7-13-10)16-12-14-8-4-1-2-5-9(8)15-12/h1-2,4-5,10,13H,3,6-7H2,(H2,14,15,16,17)/t10-/m1/s1. The smallest absolute Gasteiger partial charge is 0.243 e. The van der Waals surface area contributed by atoms with E-state index in [1.165, 1.54) is 0 Å². The van der Waals surface area contributed by atoms with Gasteiger partial charge in [0.05, 0.1) is 17.1 Å². The Bertz CT molecular complexity index is 509. The molecule has 3 rings (SSSR count). The number of para-hydroxylation sites is 2. The van der Waals surface area contributed by atoms with Gasteiger partial charge in [0.2, 0.25) is 11.9 Å². The Kier molecular flexibility index (Phi) is 2.53. The number of fused-ring (bicyclic) bond motifs is 1. The topological polar surface area (TPSA) is 69.8 Å². The quantitative estimate of drug-likeness (QED) is 0.727. The minimum atomic E-state index is -0.0804. The number of carbonyl (C=O) groups excluding carboxylic acids is 1. The predicted octanol–water partition coefficient (Wildman–Crippen LogP) is 1.25. The molecule has 0 spiro atoms. The molecule has 88 valence electrons. The van der Waals surface area contributed by atoms with E-state index in [1.807, 2.05) is 24.3 Å².